The van der Waals surface area contributed by atoms with Crippen molar-refractivity contribution in [3.63, 3.8) is 0 Å². The maximum Gasteiger partial charge on any atom is 0.245 e. The molecule has 0 aromatic heterocycles. The molecule has 0 saturated carbocycles. The van der Waals surface area contributed by atoms with Crippen molar-refractivity contribution in [3.05, 3.63) is 64.9 Å². The molecule has 0 aliphatic carbocycles. The summed E-state index contributed by atoms with van der Waals surface area (Å²) in [6.07, 6.45) is 0. The van der Waals surface area contributed by atoms with E-state index in [0.717, 1.165) is 0 Å². The first-order chi connectivity index (χ1) is 11.0. The second-order valence-electron chi connectivity index (χ2n) is 5.19. The number of benzene rings is 2. The number of nitrogens with zero attached hydrogens (tertiary/aromatic N) is 1. The molecule has 1 aliphatic heterocycles. The molecule has 0 spiro atoms. The quantitative estimate of drug-likeness (QED) is 0.849. The van der Waals surface area contributed by atoms with E-state index in [1.807, 2.05) is 0 Å². The Morgan fingerprint density at radius 1 is 1.17 bits per heavy atom. The fraction of sp³-hybridized carbons (Fsp3) is 0.250. The molecule has 1 saturated heterocycles. The molecule has 4 nitrogen and oxygen atoms in total. The van der Waals surface area contributed by atoms with Crippen LogP contribution in [0.25, 0.3) is 0 Å². The molecule has 1 heterocycles. The summed E-state index contributed by atoms with van der Waals surface area (Å²) in [5.41, 5.74) is 0.556. The molecule has 1 unspecified atom stereocenters. The number of halogens is 2. The van der Waals surface area contributed by atoms with Crippen molar-refractivity contribution in [1.29, 1.82) is 0 Å². The Bertz CT molecular complexity index is 812. The van der Waals surface area contributed by atoms with E-state index in [2.05, 4.69) is 0 Å². The third-order valence-electron chi connectivity index (χ3n) is 3.74. The summed E-state index contributed by atoms with van der Waals surface area (Å²) < 4.78 is 46.2. The minimum absolute atomic E-state index is 0.0463. The maximum atomic E-state index is 13.5. The summed E-state index contributed by atoms with van der Waals surface area (Å²) in [7, 11) is -3.80. The first kappa shape index (κ1) is 16.4. The van der Waals surface area contributed by atoms with E-state index in [9.17, 15) is 12.8 Å². The maximum absolute atomic E-state index is 13.5. The van der Waals surface area contributed by atoms with Gasteiger partial charge in [0, 0.05) is 6.54 Å². The highest BCUT2D eigenvalue weighted by atomic mass is 35.5. The van der Waals surface area contributed by atoms with Crippen LogP contribution in [0.5, 0.6) is 0 Å². The molecule has 0 amide bonds. The van der Waals surface area contributed by atoms with Crippen LogP contribution in [0.15, 0.2) is 53.4 Å². The molecule has 2 aromatic carbocycles. The monoisotopic (exact) mass is 355 g/mol. The number of hydrogen-bond acceptors (Lipinski definition) is 3. The van der Waals surface area contributed by atoms with Crippen LogP contribution in [0.2, 0.25) is 5.02 Å². The van der Waals surface area contributed by atoms with Gasteiger partial charge < -0.3 is 4.74 Å². The Morgan fingerprint density at radius 2 is 1.96 bits per heavy atom. The minimum atomic E-state index is -3.80. The molecule has 122 valence electrons. The van der Waals surface area contributed by atoms with Gasteiger partial charge in [0.05, 0.1) is 24.3 Å². The standard InChI is InChI=1S/C16H15ClFNO3S/c17-14-6-1-2-7-16(14)23(20,21)19-8-9-22-11-15(19)12-4-3-5-13(18)10-12/h1-7,10,15H,8-9,11H2. The van der Waals surface area contributed by atoms with E-state index in [-0.39, 0.29) is 29.7 Å². The smallest absolute Gasteiger partial charge is 0.245 e. The summed E-state index contributed by atoms with van der Waals surface area (Å²) in [5.74, 6) is -0.414. The zero-order valence-corrected chi connectivity index (χ0v) is 13.7. The molecular formula is C16H15ClFNO3S. The van der Waals surface area contributed by atoms with Crippen LogP contribution in [0.1, 0.15) is 11.6 Å². The van der Waals surface area contributed by atoms with Crippen LogP contribution in [0.4, 0.5) is 4.39 Å². The Kier molecular flexibility index (Phi) is 4.68. The van der Waals surface area contributed by atoms with E-state index in [0.29, 0.717) is 5.56 Å². The first-order valence-electron chi connectivity index (χ1n) is 7.10. The molecule has 1 fully saturated rings. The fourth-order valence-electron chi connectivity index (χ4n) is 2.63. The van der Waals surface area contributed by atoms with Crippen LogP contribution >= 0.6 is 11.6 Å². The third-order valence-corrected chi connectivity index (χ3v) is 6.14. The van der Waals surface area contributed by atoms with Gasteiger partial charge in [-0.3, -0.25) is 0 Å². The molecule has 0 radical (unpaired) electrons. The van der Waals surface area contributed by atoms with Crippen molar-refractivity contribution in [2.45, 2.75) is 10.9 Å². The Morgan fingerprint density at radius 3 is 2.70 bits per heavy atom. The number of hydrogen-bond donors (Lipinski definition) is 0. The number of sulfonamides is 1. The summed E-state index contributed by atoms with van der Waals surface area (Å²) in [6.45, 7) is 0.650. The number of ether oxygens (including phenoxy) is 1. The minimum Gasteiger partial charge on any atom is -0.378 e. The van der Waals surface area contributed by atoms with Crippen molar-refractivity contribution >= 4 is 21.6 Å². The van der Waals surface area contributed by atoms with Gasteiger partial charge >= 0.3 is 0 Å². The van der Waals surface area contributed by atoms with Crippen LogP contribution in [-0.4, -0.2) is 32.5 Å². The average Bonchev–Trinajstić information content (AvgIpc) is 2.55. The molecule has 1 atom stereocenters. The highest BCUT2D eigenvalue weighted by Gasteiger charge is 2.36. The molecule has 0 bridgehead atoms. The molecule has 23 heavy (non-hydrogen) atoms. The Hall–Kier alpha value is -1.47. The second kappa shape index (κ2) is 6.57. The fourth-order valence-corrected chi connectivity index (χ4v) is 4.71. The predicted molar refractivity (Wildman–Crippen MR) is 85.3 cm³/mol. The topological polar surface area (TPSA) is 46.6 Å². The van der Waals surface area contributed by atoms with Gasteiger partial charge in [0.15, 0.2) is 0 Å². The van der Waals surface area contributed by atoms with Crippen LogP contribution in [-0.2, 0) is 14.8 Å². The van der Waals surface area contributed by atoms with Gasteiger partial charge in [0.25, 0.3) is 0 Å². The van der Waals surface area contributed by atoms with Gasteiger partial charge in [0.2, 0.25) is 10.0 Å². The molecule has 7 heteroatoms. The predicted octanol–water partition coefficient (Wildman–Crippen LogP) is 3.24. The van der Waals surface area contributed by atoms with E-state index < -0.39 is 21.9 Å². The lowest BCUT2D eigenvalue weighted by molar-refractivity contribution is 0.0320. The third kappa shape index (κ3) is 3.26. The van der Waals surface area contributed by atoms with Gasteiger partial charge in [-0.15, -0.1) is 0 Å². The van der Waals surface area contributed by atoms with Crippen LogP contribution in [0.3, 0.4) is 0 Å². The SMILES string of the molecule is O=S(=O)(c1ccccc1Cl)N1CCOCC1c1cccc(F)c1. The molecule has 1 aliphatic rings. The summed E-state index contributed by atoms with van der Waals surface area (Å²) in [4.78, 5) is 0.0463. The van der Waals surface area contributed by atoms with E-state index in [1.54, 1.807) is 24.3 Å². The summed E-state index contributed by atoms with van der Waals surface area (Å²) in [5, 5.41) is 0.164. The van der Waals surface area contributed by atoms with Crippen molar-refractivity contribution in [3.8, 4) is 0 Å². The molecular weight excluding hydrogens is 341 g/mol. The zero-order valence-electron chi connectivity index (χ0n) is 12.2. The first-order valence-corrected chi connectivity index (χ1v) is 8.91. The normalized spacial score (nSPS) is 19.7. The van der Waals surface area contributed by atoms with Crippen molar-refractivity contribution < 1.29 is 17.5 Å². The van der Waals surface area contributed by atoms with Crippen molar-refractivity contribution in [1.82, 2.24) is 4.31 Å². The van der Waals surface area contributed by atoms with Crippen LogP contribution < -0.4 is 0 Å². The van der Waals surface area contributed by atoms with Gasteiger partial charge in [-0.25, -0.2) is 12.8 Å². The summed E-state index contributed by atoms with van der Waals surface area (Å²) >= 11 is 6.05. The van der Waals surface area contributed by atoms with Gasteiger partial charge in [-0.1, -0.05) is 35.9 Å². The van der Waals surface area contributed by atoms with Crippen molar-refractivity contribution in [2.24, 2.45) is 0 Å². The highest BCUT2D eigenvalue weighted by molar-refractivity contribution is 7.89. The zero-order chi connectivity index (χ0) is 16.4. The van der Waals surface area contributed by atoms with E-state index in [4.69, 9.17) is 16.3 Å². The lowest BCUT2D eigenvalue weighted by atomic mass is 10.1. The van der Waals surface area contributed by atoms with E-state index in [1.165, 1.54) is 28.6 Å². The highest BCUT2D eigenvalue weighted by Crippen LogP contribution is 2.33. The molecule has 2 aromatic rings. The second-order valence-corrected chi connectivity index (χ2v) is 7.46. The number of rotatable bonds is 3. The van der Waals surface area contributed by atoms with Gasteiger partial charge in [-0.2, -0.15) is 4.31 Å². The lowest BCUT2D eigenvalue weighted by Gasteiger charge is -2.35. The average molecular weight is 356 g/mol. The largest absolute Gasteiger partial charge is 0.378 e. The van der Waals surface area contributed by atoms with Crippen molar-refractivity contribution in [2.75, 3.05) is 19.8 Å². The van der Waals surface area contributed by atoms with E-state index >= 15 is 0 Å². The summed E-state index contributed by atoms with van der Waals surface area (Å²) in [6, 6.07) is 11.6. The Labute approximate surface area is 139 Å². The lowest BCUT2D eigenvalue weighted by Crippen LogP contribution is -2.43. The number of morpholine rings is 1. The van der Waals surface area contributed by atoms with Gasteiger partial charge in [0.1, 0.15) is 10.7 Å². The Balaban J connectivity index is 2.03. The molecule has 3 rings (SSSR count). The molecule has 0 N–H and O–H groups in total. The van der Waals surface area contributed by atoms with Crippen LogP contribution in [0, 0.1) is 5.82 Å². The van der Waals surface area contributed by atoms with Gasteiger partial charge in [-0.05, 0) is 29.8 Å².